The molecule has 4 heteroatoms. The molecule has 1 aliphatic rings. The summed E-state index contributed by atoms with van der Waals surface area (Å²) in [5.41, 5.74) is 1.26. The largest absolute Gasteiger partial charge is 0.497 e. The average Bonchev–Trinajstić information content (AvgIpc) is 2.49. The third kappa shape index (κ3) is 3.19. The van der Waals surface area contributed by atoms with E-state index < -0.39 is 0 Å². The van der Waals surface area contributed by atoms with Crippen molar-refractivity contribution < 1.29 is 9.47 Å². The Morgan fingerprint density at radius 3 is 2.53 bits per heavy atom. The quantitative estimate of drug-likeness (QED) is 0.882. The maximum absolute atomic E-state index is 5.54. The Morgan fingerprint density at radius 1 is 1.21 bits per heavy atom. The Morgan fingerprint density at radius 2 is 1.95 bits per heavy atom. The standard InChI is InChI=1S/C15H24N2O2/c1-4-14(17-9-7-16-8-10-17)13-6-5-12(18-2)11-15(13)19-3/h5-6,11,14,16H,4,7-10H2,1-3H3/t14-/m0/s1. The zero-order valence-electron chi connectivity index (χ0n) is 12.1. The Balaban J connectivity index is 2.26. The lowest BCUT2D eigenvalue weighted by Crippen LogP contribution is -2.45. The van der Waals surface area contributed by atoms with Gasteiger partial charge in [-0.3, -0.25) is 4.90 Å². The third-order valence-electron chi connectivity index (χ3n) is 3.78. The molecule has 1 saturated heterocycles. The summed E-state index contributed by atoms with van der Waals surface area (Å²) in [6.07, 6.45) is 1.09. The molecule has 1 heterocycles. The van der Waals surface area contributed by atoms with Crippen LogP contribution in [0.5, 0.6) is 11.5 Å². The van der Waals surface area contributed by atoms with Gasteiger partial charge in [0.05, 0.1) is 14.2 Å². The fourth-order valence-corrected chi connectivity index (χ4v) is 2.76. The first kappa shape index (κ1) is 14.2. The van der Waals surface area contributed by atoms with Crippen LogP contribution < -0.4 is 14.8 Å². The first-order chi connectivity index (χ1) is 9.30. The molecule has 4 nitrogen and oxygen atoms in total. The van der Waals surface area contributed by atoms with Crippen molar-refractivity contribution in [2.75, 3.05) is 40.4 Å². The molecule has 1 aliphatic heterocycles. The van der Waals surface area contributed by atoms with Gasteiger partial charge in [0.15, 0.2) is 0 Å². The smallest absolute Gasteiger partial charge is 0.127 e. The molecule has 1 aromatic carbocycles. The summed E-state index contributed by atoms with van der Waals surface area (Å²) in [5.74, 6) is 1.76. The van der Waals surface area contributed by atoms with Crippen molar-refractivity contribution in [3.05, 3.63) is 23.8 Å². The van der Waals surface area contributed by atoms with Crippen LogP contribution in [0.15, 0.2) is 18.2 Å². The number of hydrogen-bond donors (Lipinski definition) is 1. The van der Waals surface area contributed by atoms with Crippen LogP contribution >= 0.6 is 0 Å². The highest BCUT2D eigenvalue weighted by molar-refractivity contribution is 5.42. The van der Waals surface area contributed by atoms with E-state index in [0.29, 0.717) is 6.04 Å². The molecule has 19 heavy (non-hydrogen) atoms. The molecule has 2 rings (SSSR count). The normalized spacial score (nSPS) is 18.1. The van der Waals surface area contributed by atoms with Gasteiger partial charge in [0.1, 0.15) is 11.5 Å². The van der Waals surface area contributed by atoms with Crippen LogP contribution in [0.1, 0.15) is 24.9 Å². The lowest BCUT2D eigenvalue weighted by molar-refractivity contribution is 0.166. The molecule has 106 valence electrons. The van der Waals surface area contributed by atoms with E-state index in [1.165, 1.54) is 5.56 Å². The monoisotopic (exact) mass is 264 g/mol. The summed E-state index contributed by atoms with van der Waals surface area (Å²) in [5, 5.41) is 3.40. The fraction of sp³-hybridized carbons (Fsp3) is 0.600. The van der Waals surface area contributed by atoms with Gasteiger partial charge in [0.25, 0.3) is 0 Å². The highest BCUT2D eigenvalue weighted by Crippen LogP contribution is 2.34. The van der Waals surface area contributed by atoms with Crippen molar-refractivity contribution in [3.63, 3.8) is 0 Å². The van der Waals surface area contributed by atoms with Crippen molar-refractivity contribution in [2.24, 2.45) is 0 Å². The average molecular weight is 264 g/mol. The number of benzene rings is 1. The summed E-state index contributed by atoms with van der Waals surface area (Å²) in [6, 6.07) is 6.54. The number of hydrogen-bond acceptors (Lipinski definition) is 4. The molecule has 1 N–H and O–H groups in total. The predicted octanol–water partition coefficient (Wildman–Crippen LogP) is 2.06. The Labute approximate surface area is 115 Å². The first-order valence-electron chi connectivity index (χ1n) is 6.96. The minimum absolute atomic E-state index is 0.419. The van der Waals surface area contributed by atoms with Crippen LogP contribution in [0.2, 0.25) is 0 Å². The summed E-state index contributed by atoms with van der Waals surface area (Å²) < 4.78 is 10.8. The molecular formula is C15H24N2O2. The van der Waals surface area contributed by atoms with Crippen LogP contribution in [0.3, 0.4) is 0 Å². The second-order valence-electron chi connectivity index (χ2n) is 4.82. The topological polar surface area (TPSA) is 33.7 Å². The van der Waals surface area contributed by atoms with Gasteiger partial charge in [0.2, 0.25) is 0 Å². The highest BCUT2D eigenvalue weighted by Gasteiger charge is 2.23. The Hall–Kier alpha value is -1.26. The van der Waals surface area contributed by atoms with E-state index in [1.807, 2.05) is 12.1 Å². The molecule has 0 amide bonds. The van der Waals surface area contributed by atoms with Gasteiger partial charge in [-0.1, -0.05) is 13.0 Å². The Bertz CT molecular complexity index is 403. The number of piperazine rings is 1. The van der Waals surface area contributed by atoms with Gasteiger partial charge in [-0.15, -0.1) is 0 Å². The van der Waals surface area contributed by atoms with E-state index in [4.69, 9.17) is 9.47 Å². The van der Waals surface area contributed by atoms with Crippen molar-refractivity contribution in [3.8, 4) is 11.5 Å². The molecule has 1 atom stereocenters. The SMILES string of the molecule is CC[C@@H](c1ccc(OC)cc1OC)N1CCNCC1. The predicted molar refractivity (Wildman–Crippen MR) is 77.0 cm³/mol. The van der Waals surface area contributed by atoms with Crippen LogP contribution in [-0.2, 0) is 0 Å². The zero-order chi connectivity index (χ0) is 13.7. The van der Waals surface area contributed by atoms with Crippen LogP contribution in [0, 0.1) is 0 Å². The maximum atomic E-state index is 5.54. The molecule has 0 bridgehead atoms. The fourth-order valence-electron chi connectivity index (χ4n) is 2.76. The van der Waals surface area contributed by atoms with Gasteiger partial charge in [-0.05, 0) is 12.5 Å². The number of nitrogens with zero attached hydrogens (tertiary/aromatic N) is 1. The number of rotatable bonds is 5. The lowest BCUT2D eigenvalue weighted by Gasteiger charge is -2.35. The molecule has 0 aliphatic carbocycles. The van der Waals surface area contributed by atoms with Crippen LogP contribution in [0.4, 0.5) is 0 Å². The third-order valence-corrected chi connectivity index (χ3v) is 3.78. The zero-order valence-corrected chi connectivity index (χ0v) is 12.1. The van der Waals surface area contributed by atoms with Crippen molar-refractivity contribution in [1.29, 1.82) is 0 Å². The molecule has 0 saturated carbocycles. The van der Waals surface area contributed by atoms with Crippen molar-refractivity contribution >= 4 is 0 Å². The molecule has 0 unspecified atom stereocenters. The van der Waals surface area contributed by atoms with E-state index in [1.54, 1.807) is 14.2 Å². The molecule has 0 spiro atoms. The summed E-state index contributed by atoms with van der Waals surface area (Å²) in [4.78, 5) is 2.53. The van der Waals surface area contributed by atoms with E-state index in [2.05, 4.69) is 23.2 Å². The molecule has 1 fully saturated rings. The van der Waals surface area contributed by atoms with Crippen LogP contribution in [0.25, 0.3) is 0 Å². The van der Waals surface area contributed by atoms with Crippen molar-refractivity contribution in [1.82, 2.24) is 10.2 Å². The van der Waals surface area contributed by atoms with Gasteiger partial charge in [0, 0.05) is 43.9 Å². The van der Waals surface area contributed by atoms with E-state index in [-0.39, 0.29) is 0 Å². The molecule has 0 aromatic heterocycles. The van der Waals surface area contributed by atoms with E-state index in [0.717, 1.165) is 44.1 Å². The summed E-state index contributed by atoms with van der Waals surface area (Å²) >= 11 is 0. The summed E-state index contributed by atoms with van der Waals surface area (Å²) in [7, 11) is 3.41. The molecule has 0 radical (unpaired) electrons. The van der Waals surface area contributed by atoms with Gasteiger partial charge in [-0.25, -0.2) is 0 Å². The maximum Gasteiger partial charge on any atom is 0.127 e. The Kier molecular flexibility index (Phi) is 5.05. The van der Waals surface area contributed by atoms with E-state index >= 15 is 0 Å². The molecular weight excluding hydrogens is 240 g/mol. The number of nitrogens with one attached hydrogen (secondary N) is 1. The van der Waals surface area contributed by atoms with Gasteiger partial charge < -0.3 is 14.8 Å². The number of methoxy groups -OCH3 is 2. The second-order valence-corrected chi connectivity index (χ2v) is 4.82. The van der Waals surface area contributed by atoms with Crippen LogP contribution in [-0.4, -0.2) is 45.3 Å². The number of ether oxygens (including phenoxy) is 2. The second kappa shape index (κ2) is 6.78. The minimum atomic E-state index is 0.419. The van der Waals surface area contributed by atoms with Crippen molar-refractivity contribution in [2.45, 2.75) is 19.4 Å². The molecule has 1 aromatic rings. The minimum Gasteiger partial charge on any atom is -0.497 e. The summed E-state index contributed by atoms with van der Waals surface area (Å²) in [6.45, 7) is 6.54. The van der Waals surface area contributed by atoms with Gasteiger partial charge >= 0.3 is 0 Å². The van der Waals surface area contributed by atoms with E-state index in [9.17, 15) is 0 Å². The first-order valence-corrected chi connectivity index (χ1v) is 6.96. The lowest BCUT2D eigenvalue weighted by atomic mass is 10.0. The van der Waals surface area contributed by atoms with Gasteiger partial charge in [-0.2, -0.15) is 0 Å². The highest BCUT2D eigenvalue weighted by atomic mass is 16.5.